The highest BCUT2D eigenvalue weighted by atomic mass is 19.1. The number of morpholine rings is 1. The second kappa shape index (κ2) is 13.6. The molecule has 2 aromatic carbocycles. The monoisotopic (exact) mass is 648 g/mol. The average Bonchev–Trinajstić information content (AvgIpc) is 3.46. The largest absolute Gasteiger partial charge is 0.394 e. The molecule has 4 N–H and O–H groups in total. The Hall–Kier alpha value is -4.72. The number of hydrogen-bond acceptors (Lipinski definition) is 7. The second-order valence-electron chi connectivity index (χ2n) is 12.7. The van der Waals surface area contributed by atoms with Crippen LogP contribution in [0.15, 0.2) is 60.9 Å². The summed E-state index contributed by atoms with van der Waals surface area (Å²) in [5.74, 6) is -3.14. The van der Waals surface area contributed by atoms with E-state index in [0.717, 1.165) is 12.6 Å². The lowest BCUT2D eigenvalue weighted by atomic mass is 10.0. The molecule has 0 spiro atoms. The minimum Gasteiger partial charge on any atom is -0.394 e. The summed E-state index contributed by atoms with van der Waals surface area (Å²) < 4.78 is 36.7. The highest BCUT2D eigenvalue weighted by molar-refractivity contribution is 6.04. The molecular formula is C34H38F2N6O5. The summed E-state index contributed by atoms with van der Waals surface area (Å²) in [5.41, 5.74) is 0.350. The van der Waals surface area contributed by atoms with E-state index in [1.807, 2.05) is 0 Å². The number of imidazole rings is 1. The molecule has 3 heterocycles. The van der Waals surface area contributed by atoms with Gasteiger partial charge < -0.3 is 25.8 Å². The van der Waals surface area contributed by atoms with Crippen LogP contribution in [0.5, 0.6) is 0 Å². The van der Waals surface area contributed by atoms with Crippen LogP contribution in [0, 0.1) is 11.6 Å². The van der Waals surface area contributed by atoms with Crippen LogP contribution in [0.2, 0.25) is 0 Å². The number of rotatable bonds is 10. The van der Waals surface area contributed by atoms with Crippen LogP contribution in [0.3, 0.4) is 0 Å². The number of nitrogens with zero attached hydrogens (tertiary/aromatic N) is 3. The van der Waals surface area contributed by atoms with Crippen molar-refractivity contribution in [1.82, 2.24) is 24.9 Å². The minimum atomic E-state index is -0.915. The van der Waals surface area contributed by atoms with Crippen LogP contribution < -0.4 is 16.0 Å². The van der Waals surface area contributed by atoms with E-state index in [0.29, 0.717) is 43.1 Å². The standard InChI is InChI=1S/C34H38F2N6O5/c1-33(2,19-43)40-31(45)24-7-5-21(15-26(24)36)22-9-11-42-28(18-38-29(42)17-22)32(46)39-27-16-23(6-8-25(27)35)30(44)37-10-12-41-13-14-47-20-34(41,3)4/h5-9,11,15-18,43H,10,12-14,19-20H2,1-4H3,(H,37,44)(H,39,46)(H,40,45). The Morgan fingerprint density at radius 3 is 2.49 bits per heavy atom. The summed E-state index contributed by atoms with van der Waals surface area (Å²) in [4.78, 5) is 45.0. The molecule has 0 radical (unpaired) electrons. The summed E-state index contributed by atoms with van der Waals surface area (Å²) in [6.45, 7) is 10.1. The Kier molecular flexibility index (Phi) is 9.70. The van der Waals surface area contributed by atoms with Gasteiger partial charge >= 0.3 is 0 Å². The van der Waals surface area contributed by atoms with Crippen molar-refractivity contribution in [2.75, 3.05) is 44.8 Å². The number of carbonyl (C=O) groups is 3. The molecule has 0 aliphatic carbocycles. The number of carbonyl (C=O) groups excluding carboxylic acids is 3. The van der Waals surface area contributed by atoms with E-state index in [2.05, 4.69) is 39.7 Å². The number of aliphatic hydroxyl groups is 1. The molecule has 1 aliphatic rings. The number of aliphatic hydroxyl groups excluding tert-OH is 1. The maximum absolute atomic E-state index is 14.9. The molecule has 0 saturated carbocycles. The summed E-state index contributed by atoms with van der Waals surface area (Å²) in [6.07, 6.45) is 2.90. The number of nitrogens with one attached hydrogen (secondary N) is 3. The lowest BCUT2D eigenvalue weighted by Gasteiger charge is -2.42. The van der Waals surface area contributed by atoms with E-state index in [4.69, 9.17) is 4.74 Å². The Bertz CT molecular complexity index is 1820. The Morgan fingerprint density at radius 2 is 1.77 bits per heavy atom. The quantitative estimate of drug-likeness (QED) is 0.205. The van der Waals surface area contributed by atoms with Crippen molar-refractivity contribution in [2.45, 2.75) is 38.8 Å². The molecule has 13 heteroatoms. The highest BCUT2D eigenvalue weighted by Crippen LogP contribution is 2.25. The lowest BCUT2D eigenvalue weighted by Crippen LogP contribution is -2.54. The number of fused-ring (bicyclic) bond motifs is 1. The first-order chi connectivity index (χ1) is 22.3. The van der Waals surface area contributed by atoms with E-state index in [1.54, 1.807) is 38.2 Å². The molecule has 1 saturated heterocycles. The van der Waals surface area contributed by atoms with E-state index in [9.17, 15) is 28.3 Å². The fourth-order valence-corrected chi connectivity index (χ4v) is 5.28. The zero-order valence-corrected chi connectivity index (χ0v) is 26.7. The number of amides is 3. The molecule has 1 fully saturated rings. The maximum atomic E-state index is 14.9. The number of halogens is 2. The molecule has 2 aromatic heterocycles. The fourth-order valence-electron chi connectivity index (χ4n) is 5.28. The number of ether oxygens (including phenoxy) is 1. The first kappa shape index (κ1) is 33.6. The molecule has 47 heavy (non-hydrogen) atoms. The molecular weight excluding hydrogens is 610 g/mol. The van der Waals surface area contributed by atoms with Crippen LogP contribution in [-0.4, -0.2) is 87.6 Å². The van der Waals surface area contributed by atoms with Gasteiger partial charge in [-0.05, 0) is 81.3 Å². The maximum Gasteiger partial charge on any atom is 0.274 e. The highest BCUT2D eigenvalue weighted by Gasteiger charge is 2.30. The minimum absolute atomic E-state index is 0.110. The van der Waals surface area contributed by atoms with Gasteiger partial charge in [-0.2, -0.15) is 0 Å². The molecule has 5 rings (SSSR count). The van der Waals surface area contributed by atoms with Gasteiger partial charge in [-0.25, -0.2) is 13.8 Å². The fraction of sp³-hybridized carbons (Fsp3) is 0.353. The van der Waals surface area contributed by atoms with Crippen LogP contribution in [-0.2, 0) is 4.74 Å². The number of anilines is 1. The first-order valence-corrected chi connectivity index (χ1v) is 15.2. The predicted octanol–water partition coefficient (Wildman–Crippen LogP) is 3.87. The van der Waals surface area contributed by atoms with Gasteiger partial charge in [0.1, 0.15) is 23.0 Å². The van der Waals surface area contributed by atoms with Crippen molar-refractivity contribution in [3.05, 3.63) is 89.4 Å². The van der Waals surface area contributed by atoms with Crippen LogP contribution in [0.25, 0.3) is 16.8 Å². The van der Waals surface area contributed by atoms with Gasteiger partial charge in [0.2, 0.25) is 0 Å². The number of hydrogen-bond donors (Lipinski definition) is 4. The van der Waals surface area contributed by atoms with Gasteiger partial charge in [0, 0.05) is 36.9 Å². The normalized spacial score (nSPS) is 15.0. The van der Waals surface area contributed by atoms with Crippen LogP contribution in [0.1, 0.15) is 58.9 Å². The van der Waals surface area contributed by atoms with Crippen LogP contribution >= 0.6 is 0 Å². The van der Waals surface area contributed by atoms with E-state index in [1.165, 1.54) is 34.9 Å². The van der Waals surface area contributed by atoms with E-state index < -0.39 is 34.9 Å². The molecule has 248 valence electrons. The average molecular weight is 649 g/mol. The third kappa shape index (κ3) is 7.64. The Morgan fingerprint density at radius 1 is 1.00 bits per heavy atom. The molecule has 1 aliphatic heterocycles. The molecule has 0 bridgehead atoms. The lowest BCUT2D eigenvalue weighted by molar-refractivity contribution is -0.0498. The molecule has 0 atom stereocenters. The van der Waals surface area contributed by atoms with Crippen molar-refractivity contribution in [3.63, 3.8) is 0 Å². The summed E-state index contributed by atoms with van der Waals surface area (Å²) in [6, 6.07) is 11.2. The number of pyridine rings is 1. The third-order valence-electron chi connectivity index (χ3n) is 8.10. The van der Waals surface area contributed by atoms with Crippen molar-refractivity contribution < 1.29 is 33.0 Å². The van der Waals surface area contributed by atoms with Gasteiger partial charge in [-0.15, -0.1) is 0 Å². The van der Waals surface area contributed by atoms with Gasteiger partial charge in [-0.3, -0.25) is 23.7 Å². The first-order valence-electron chi connectivity index (χ1n) is 15.2. The van der Waals surface area contributed by atoms with E-state index >= 15 is 0 Å². The SMILES string of the molecule is CC(C)(CO)NC(=O)c1ccc(-c2ccn3c(C(=O)Nc4cc(C(=O)NCCN5CCOCC5(C)C)ccc4F)cnc3c2)cc1F. The summed E-state index contributed by atoms with van der Waals surface area (Å²) in [5, 5.41) is 17.4. The zero-order valence-electron chi connectivity index (χ0n) is 26.7. The summed E-state index contributed by atoms with van der Waals surface area (Å²) in [7, 11) is 0. The molecule has 3 amide bonds. The summed E-state index contributed by atoms with van der Waals surface area (Å²) >= 11 is 0. The Balaban J connectivity index is 1.26. The second-order valence-corrected chi connectivity index (χ2v) is 12.7. The number of aromatic nitrogens is 2. The van der Waals surface area contributed by atoms with Crippen molar-refractivity contribution in [3.8, 4) is 11.1 Å². The van der Waals surface area contributed by atoms with Gasteiger partial charge in [0.25, 0.3) is 17.7 Å². The van der Waals surface area contributed by atoms with Gasteiger partial charge in [0.05, 0.1) is 42.8 Å². The number of benzene rings is 2. The van der Waals surface area contributed by atoms with Crippen molar-refractivity contribution in [1.29, 1.82) is 0 Å². The van der Waals surface area contributed by atoms with Gasteiger partial charge in [0.15, 0.2) is 0 Å². The predicted molar refractivity (Wildman–Crippen MR) is 172 cm³/mol. The van der Waals surface area contributed by atoms with Gasteiger partial charge in [-0.1, -0.05) is 6.07 Å². The Labute approximate surface area is 270 Å². The topological polar surface area (TPSA) is 137 Å². The molecule has 0 unspecified atom stereocenters. The van der Waals surface area contributed by atoms with Crippen molar-refractivity contribution >= 4 is 29.1 Å². The van der Waals surface area contributed by atoms with Crippen molar-refractivity contribution in [2.24, 2.45) is 0 Å². The van der Waals surface area contributed by atoms with Crippen LogP contribution in [0.4, 0.5) is 14.5 Å². The third-order valence-corrected chi connectivity index (χ3v) is 8.10. The zero-order chi connectivity index (χ0) is 33.9. The van der Waals surface area contributed by atoms with E-state index in [-0.39, 0.29) is 34.7 Å². The molecule has 4 aromatic rings. The smallest absolute Gasteiger partial charge is 0.274 e. The molecule has 11 nitrogen and oxygen atoms in total.